The fourth-order valence-electron chi connectivity index (χ4n) is 2.94. The van der Waals surface area contributed by atoms with E-state index in [2.05, 4.69) is 5.32 Å². The molecule has 1 aliphatic rings. The second-order valence-corrected chi connectivity index (χ2v) is 6.20. The Morgan fingerprint density at radius 3 is 2.61 bits per heavy atom. The molecule has 2 rings (SSSR count). The van der Waals surface area contributed by atoms with Gasteiger partial charge in [0.1, 0.15) is 11.9 Å². The molecule has 0 aliphatic heterocycles. The first-order valence-corrected chi connectivity index (χ1v) is 8.24. The average molecular weight is 319 g/mol. The fourth-order valence-corrected chi connectivity index (χ4v) is 2.94. The molecule has 0 radical (unpaired) electrons. The number of nitrogens with one attached hydrogen (secondary N) is 1. The number of hydrogen-bond acceptors (Lipinski definition) is 3. The Bertz CT molecular complexity index is 558. The van der Waals surface area contributed by atoms with Crippen molar-refractivity contribution in [1.82, 2.24) is 5.32 Å². The second kappa shape index (κ2) is 7.99. The van der Waals surface area contributed by atoms with Crippen LogP contribution >= 0.6 is 0 Å². The molecule has 23 heavy (non-hydrogen) atoms. The molecule has 0 bridgehead atoms. The Hall–Kier alpha value is -2.04. The van der Waals surface area contributed by atoms with Gasteiger partial charge in [0.25, 0.3) is 0 Å². The van der Waals surface area contributed by atoms with Crippen molar-refractivity contribution in [2.24, 2.45) is 11.8 Å². The predicted octanol–water partition coefficient (Wildman–Crippen LogP) is 2.77. The maximum atomic E-state index is 12.2. The van der Waals surface area contributed by atoms with Crippen molar-refractivity contribution in [3.8, 4) is 5.75 Å². The van der Waals surface area contributed by atoms with Crippen LogP contribution in [0.25, 0.3) is 0 Å². The van der Waals surface area contributed by atoms with Gasteiger partial charge >= 0.3 is 5.97 Å². The zero-order chi connectivity index (χ0) is 16.8. The summed E-state index contributed by atoms with van der Waals surface area (Å²) in [5.41, 5.74) is 1.07. The quantitative estimate of drug-likeness (QED) is 0.810. The summed E-state index contributed by atoms with van der Waals surface area (Å²) in [6, 6.07) is 7.81. The first-order chi connectivity index (χ1) is 11.0. The lowest BCUT2D eigenvalue weighted by Gasteiger charge is -2.20. The first-order valence-electron chi connectivity index (χ1n) is 8.24. The fraction of sp³-hybridized carbons (Fsp3) is 0.556. The highest BCUT2D eigenvalue weighted by atomic mass is 16.5. The summed E-state index contributed by atoms with van der Waals surface area (Å²) >= 11 is 0. The molecular formula is C18H25NO4. The lowest BCUT2D eigenvalue weighted by molar-refractivity contribution is -0.141. The standard InChI is InChI=1S/C18H25NO4/c1-3-15(23-16-7-5-4-6-12(16)2)11-19-17(20)13-8-9-14(10-13)18(21)22/h4-7,13-15H,3,8-11H2,1-2H3,(H,19,20)(H,21,22)/t13-,14+,15?/m1/s1. The Labute approximate surface area is 137 Å². The first kappa shape index (κ1) is 17.3. The van der Waals surface area contributed by atoms with Gasteiger partial charge in [0.2, 0.25) is 5.91 Å². The Balaban J connectivity index is 1.82. The normalized spacial score (nSPS) is 21.7. The summed E-state index contributed by atoms with van der Waals surface area (Å²) in [5, 5.41) is 11.9. The molecule has 3 atom stereocenters. The molecule has 5 nitrogen and oxygen atoms in total. The molecule has 1 aliphatic carbocycles. The third kappa shape index (κ3) is 4.71. The van der Waals surface area contributed by atoms with Crippen molar-refractivity contribution in [1.29, 1.82) is 0 Å². The number of carbonyl (C=O) groups excluding carboxylic acids is 1. The molecule has 0 saturated heterocycles. The largest absolute Gasteiger partial charge is 0.488 e. The van der Waals surface area contributed by atoms with Gasteiger partial charge in [-0.1, -0.05) is 25.1 Å². The lowest BCUT2D eigenvalue weighted by atomic mass is 10.0. The van der Waals surface area contributed by atoms with Crippen LogP contribution in [0.15, 0.2) is 24.3 Å². The number of carbonyl (C=O) groups is 2. The van der Waals surface area contributed by atoms with Gasteiger partial charge in [-0.05, 0) is 44.2 Å². The van der Waals surface area contributed by atoms with E-state index < -0.39 is 5.97 Å². The van der Waals surface area contributed by atoms with Crippen molar-refractivity contribution in [2.45, 2.75) is 45.6 Å². The van der Waals surface area contributed by atoms with E-state index in [1.165, 1.54) is 0 Å². The van der Waals surface area contributed by atoms with Crippen LogP contribution in [0, 0.1) is 18.8 Å². The van der Waals surface area contributed by atoms with E-state index in [-0.39, 0.29) is 23.8 Å². The molecule has 0 spiro atoms. The van der Waals surface area contributed by atoms with Gasteiger partial charge in [-0.25, -0.2) is 0 Å². The van der Waals surface area contributed by atoms with Crippen molar-refractivity contribution in [3.05, 3.63) is 29.8 Å². The summed E-state index contributed by atoms with van der Waals surface area (Å²) in [6.45, 7) is 4.45. The highest BCUT2D eigenvalue weighted by Gasteiger charge is 2.33. The molecule has 2 N–H and O–H groups in total. The summed E-state index contributed by atoms with van der Waals surface area (Å²) in [4.78, 5) is 23.2. The molecule has 0 aromatic heterocycles. The SMILES string of the molecule is CCC(CNC(=O)[C@@H]1CC[C@H](C(=O)O)C1)Oc1ccccc1C. The van der Waals surface area contributed by atoms with Crippen LogP contribution in [0.1, 0.15) is 38.2 Å². The van der Waals surface area contributed by atoms with Crippen molar-refractivity contribution < 1.29 is 19.4 Å². The number of para-hydroxylation sites is 1. The minimum absolute atomic E-state index is 0.0550. The molecule has 1 aromatic rings. The minimum Gasteiger partial charge on any atom is -0.488 e. The van der Waals surface area contributed by atoms with Crippen LogP contribution in [0.3, 0.4) is 0 Å². The van der Waals surface area contributed by atoms with Gasteiger partial charge in [-0.3, -0.25) is 9.59 Å². The van der Waals surface area contributed by atoms with E-state index in [1.54, 1.807) is 0 Å². The maximum Gasteiger partial charge on any atom is 0.306 e. The number of benzene rings is 1. The lowest BCUT2D eigenvalue weighted by Crippen LogP contribution is -2.38. The van der Waals surface area contributed by atoms with E-state index in [0.717, 1.165) is 17.7 Å². The maximum absolute atomic E-state index is 12.2. The molecule has 1 fully saturated rings. The number of rotatable bonds is 7. The van der Waals surface area contributed by atoms with Crippen molar-refractivity contribution in [3.63, 3.8) is 0 Å². The summed E-state index contributed by atoms with van der Waals surface area (Å²) < 4.78 is 5.96. The molecule has 1 unspecified atom stereocenters. The zero-order valence-electron chi connectivity index (χ0n) is 13.7. The number of carboxylic acids is 1. The second-order valence-electron chi connectivity index (χ2n) is 6.20. The molecule has 126 valence electrons. The summed E-state index contributed by atoms with van der Waals surface area (Å²) in [7, 11) is 0. The third-order valence-electron chi connectivity index (χ3n) is 4.50. The molecule has 1 amide bonds. The van der Waals surface area contributed by atoms with Gasteiger partial charge < -0.3 is 15.2 Å². The van der Waals surface area contributed by atoms with Crippen LogP contribution in [0.4, 0.5) is 0 Å². The van der Waals surface area contributed by atoms with Crippen LogP contribution in [-0.4, -0.2) is 29.6 Å². The molecular weight excluding hydrogens is 294 g/mol. The molecule has 1 saturated carbocycles. The van der Waals surface area contributed by atoms with E-state index in [1.807, 2.05) is 38.1 Å². The van der Waals surface area contributed by atoms with Crippen molar-refractivity contribution >= 4 is 11.9 Å². The monoisotopic (exact) mass is 319 g/mol. The van der Waals surface area contributed by atoms with E-state index in [4.69, 9.17) is 9.84 Å². The number of hydrogen-bond donors (Lipinski definition) is 2. The van der Waals surface area contributed by atoms with Crippen LogP contribution in [-0.2, 0) is 9.59 Å². The molecule has 1 aromatic carbocycles. The topological polar surface area (TPSA) is 75.6 Å². The highest BCUT2D eigenvalue weighted by molar-refractivity contribution is 5.80. The average Bonchev–Trinajstić information content (AvgIpc) is 3.03. The Kier molecular flexibility index (Phi) is 6.02. The number of amides is 1. The van der Waals surface area contributed by atoms with E-state index >= 15 is 0 Å². The summed E-state index contributed by atoms with van der Waals surface area (Å²) in [5.74, 6) is -0.585. The number of aliphatic carboxylic acids is 1. The van der Waals surface area contributed by atoms with Gasteiger partial charge in [-0.2, -0.15) is 0 Å². The molecule has 0 heterocycles. The van der Waals surface area contributed by atoms with E-state index in [9.17, 15) is 9.59 Å². The van der Waals surface area contributed by atoms with E-state index in [0.29, 0.717) is 25.8 Å². The number of aryl methyl sites for hydroxylation is 1. The predicted molar refractivity (Wildman–Crippen MR) is 87.4 cm³/mol. The minimum atomic E-state index is -0.797. The Morgan fingerprint density at radius 1 is 1.30 bits per heavy atom. The van der Waals surface area contributed by atoms with Crippen molar-refractivity contribution in [2.75, 3.05) is 6.54 Å². The smallest absolute Gasteiger partial charge is 0.306 e. The van der Waals surface area contributed by atoms with Gasteiger partial charge in [0.15, 0.2) is 0 Å². The van der Waals surface area contributed by atoms with Gasteiger partial charge in [0, 0.05) is 5.92 Å². The third-order valence-corrected chi connectivity index (χ3v) is 4.50. The zero-order valence-corrected chi connectivity index (χ0v) is 13.7. The summed E-state index contributed by atoms with van der Waals surface area (Å²) in [6.07, 6.45) is 2.38. The number of ether oxygens (including phenoxy) is 1. The van der Waals surface area contributed by atoms with Crippen LogP contribution in [0.2, 0.25) is 0 Å². The molecule has 5 heteroatoms. The van der Waals surface area contributed by atoms with Crippen LogP contribution < -0.4 is 10.1 Å². The van der Waals surface area contributed by atoms with Gasteiger partial charge in [0.05, 0.1) is 12.5 Å². The number of carboxylic acid groups (broad SMARTS) is 1. The van der Waals surface area contributed by atoms with Crippen LogP contribution in [0.5, 0.6) is 5.75 Å². The Morgan fingerprint density at radius 2 is 2.00 bits per heavy atom. The highest BCUT2D eigenvalue weighted by Crippen LogP contribution is 2.31. The van der Waals surface area contributed by atoms with Gasteiger partial charge in [-0.15, -0.1) is 0 Å².